The fourth-order valence-corrected chi connectivity index (χ4v) is 2.75. The van der Waals surface area contributed by atoms with E-state index in [-0.39, 0.29) is 19.6 Å². The topological polar surface area (TPSA) is 145 Å². The number of nitrogens with one attached hydrogen (secondary N) is 1. The number of ether oxygens (including phenoxy) is 1. The van der Waals surface area contributed by atoms with Crippen molar-refractivity contribution in [3.63, 3.8) is 0 Å². The lowest BCUT2D eigenvalue weighted by Gasteiger charge is -2.22. The first kappa shape index (κ1) is 22.1. The summed E-state index contributed by atoms with van der Waals surface area (Å²) < 4.78 is 5.45. The molecule has 8 nitrogen and oxygen atoms in total. The van der Waals surface area contributed by atoms with Crippen molar-refractivity contribution in [2.24, 2.45) is 17.4 Å². The molecule has 2 rings (SSSR count). The van der Waals surface area contributed by atoms with E-state index in [1.54, 1.807) is 30.3 Å². The Morgan fingerprint density at radius 1 is 0.966 bits per heavy atom. The summed E-state index contributed by atoms with van der Waals surface area (Å²) in [5.74, 6) is -3.93. The molecule has 2 aromatic carbocycles. The van der Waals surface area contributed by atoms with Crippen LogP contribution in [0.3, 0.4) is 0 Å². The molecule has 0 bridgehead atoms. The molecule has 0 aliphatic heterocycles. The molecule has 3 unspecified atom stereocenters. The molecular formula is C21H25N3O5. The number of benzene rings is 2. The minimum Gasteiger partial charge on any atom is -0.481 e. The zero-order valence-electron chi connectivity index (χ0n) is 15.9. The molecule has 0 heterocycles. The van der Waals surface area contributed by atoms with Crippen LogP contribution in [0.5, 0.6) is 0 Å². The van der Waals surface area contributed by atoms with Crippen LogP contribution in [0, 0.1) is 5.92 Å². The van der Waals surface area contributed by atoms with Crippen molar-refractivity contribution in [2.75, 3.05) is 6.61 Å². The van der Waals surface area contributed by atoms with Gasteiger partial charge in [-0.25, -0.2) is 0 Å². The van der Waals surface area contributed by atoms with Gasteiger partial charge in [-0.15, -0.1) is 0 Å². The van der Waals surface area contributed by atoms with E-state index in [1.165, 1.54) is 0 Å². The smallest absolute Gasteiger partial charge is 0.308 e. The maximum absolute atomic E-state index is 12.5. The molecule has 0 aliphatic carbocycles. The van der Waals surface area contributed by atoms with Gasteiger partial charge in [0, 0.05) is 0 Å². The van der Waals surface area contributed by atoms with Gasteiger partial charge in [-0.3, -0.25) is 14.4 Å². The van der Waals surface area contributed by atoms with Gasteiger partial charge in [0.05, 0.1) is 25.2 Å². The molecule has 6 N–H and O–H groups in total. The highest BCUT2D eigenvalue weighted by molar-refractivity contribution is 5.91. The summed E-state index contributed by atoms with van der Waals surface area (Å²) in [6, 6.07) is 15.7. The van der Waals surface area contributed by atoms with E-state index < -0.39 is 35.8 Å². The van der Waals surface area contributed by atoms with Gasteiger partial charge in [0.15, 0.2) is 0 Å². The summed E-state index contributed by atoms with van der Waals surface area (Å²) in [5, 5.41) is 11.9. The van der Waals surface area contributed by atoms with Crippen LogP contribution in [0.25, 0.3) is 0 Å². The minimum atomic E-state index is -1.36. The molecule has 2 amide bonds. The number of primary amides is 1. The largest absolute Gasteiger partial charge is 0.481 e. The predicted octanol–water partition coefficient (Wildman–Crippen LogP) is 0.444. The second kappa shape index (κ2) is 10.9. The Balaban J connectivity index is 1.95. The van der Waals surface area contributed by atoms with Gasteiger partial charge in [-0.1, -0.05) is 60.7 Å². The van der Waals surface area contributed by atoms with E-state index in [2.05, 4.69) is 5.32 Å². The quantitative estimate of drug-likeness (QED) is 0.432. The SMILES string of the molecule is NC(=O)C(COCc1ccccc1)NC(=O)C(N)C(Cc1ccccc1)C(=O)O. The molecular weight excluding hydrogens is 374 g/mol. The van der Waals surface area contributed by atoms with Crippen molar-refractivity contribution in [1.29, 1.82) is 0 Å². The van der Waals surface area contributed by atoms with E-state index in [9.17, 15) is 19.5 Å². The van der Waals surface area contributed by atoms with Gasteiger partial charge in [-0.05, 0) is 17.5 Å². The Morgan fingerprint density at radius 3 is 2.03 bits per heavy atom. The third-order valence-electron chi connectivity index (χ3n) is 4.41. The zero-order chi connectivity index (χ0) is 21.2. The average molecular weight is 399 g/mol. The number of carbonyl (C=O) groups excluding carboxylic acids is 2. The first-order valence-corrected chi connectivity index (χ1v) is 9.12. The Labute approximate surface area is 168 Å². The van der Waals surface area contributed by atoms with Gasteiger partial charge < -0.3 is 26.6 Å². The summed E-state index contributed by atoms with van der Waals surface area (Å²) in [6.07, 6.45) is 0.0799. The van der Waals surface area contributed by atoms with Crippen molar-refractivity contribution in [1.82, 2.24) is 5.32 Å². The molecule has 29 heavy (non-hydrogen) atoms. The van der Waals surface area contributed by atoms with Gasteiger partial charge >= 0.3 is 5.97 Å². The highest BCUT2D eigenvalue weighted by Crippen LogP contribution is 2.13. The van der Waals surface area contributed by atoms with E-state index in [0.29, 0.717) is 0 Å². The molecule has 0 fully saturated rings. The second-order valence-corrected chi connectivity index (χ2v) is 6.62. The number of amides is 2. The summed E-state index contributed by atoms with van der Waals surface area (Å²) in [4.78, 5) is 35.8. The van der Waals surface area contributed by atoms with Crippen LogP contribution in [-0.2, 0) is 32.1 Å². The van der Waals surface area contributed by atoms with Gasteiger partial charge in [0.2, 0.25) is 11.8 Å². The lowest BCUT2D eigenvalue weighted by atomic mass is 9.92. The number of nitrogens with two attached hydrogens (primary N) is 2. The van der Waals surface area contributed by atoms with Gasteiger partial charge in [0.25, 0.3) is 0 Å². The maximum Gasteiger partial charge on any atom is 0.308 e. The van der Waals surface area contributed by atoms with E-state index in [4.69, 9.17) is 16.2 Å². The van der Waals surface area contributed by atoms with Crippen LogP contribution in [0.1, 0.15) is 11.1 Å². The number of carboxylic acid groups (broad SMARTS) is 1. The lowest BCUT2D eigenvalue weighted by molar-refractivity contribution is -0.145. The fourth-order valence-electron chi connectivity index (χ4n) is 2.75. The van der Waals surface area contributed by atoms with E-state index in [1.807, 2.05) is 30.3 Å². The first-order valence-electron chi connectivity index (χ1n) is 9.12. The number of carboxylic acids is 1. The Hall–Kier alpha value is -3.23. The summed E-state index contributed by atoms with van der Waals surface area (Å²) in [7, 11) is 0. The van der Waals surface area contributed by atoms with Crippen LogP contribution in [0.4, 0.5) is 0 Å². The predicted molar refractivity (Wildman–Crippen MR) is 106 cm³/mol. The van der Waals surface area contributed by atoms with Crippen LogP contribution in [0.2, 0.25) is 0 Å². The molecule has 0 saturated carbocycles. The Morgan fingerprint density at radius 2 is 1.52 bits per heavy atom. The fraction of sp³-hybridized carbons (Fsp3) is 0.286. The number of hydrogen-bond acceptors (Lipinski definition) is 5. The molecule has 3 atom stereocenters. The summed E-state index contributed by atoms with van der Waals surface area (Å²) >= 11 is 0. The third kappa shape index (κ3) is 7.02. The van der Waals surface area contributed by atoms with Crippen LogP contribution in [-0.4, -0.2) is 41.6 Å². The first-order chi connectivity index (χ1) is 13.9. The normalized spacial score (nSPS) is 13.8. The average Bonchev–Trinajstić information content (AvgIpc) is 2.72. The third-order valence-corrected chi connectivity index (χ3v) is 4.41. The van der Waals surface area contributed by atoms with Gasteiger partial charge in [0.1, 0.15) is 6.04 Å². The molecule has 0 aromatic heterocycles. The minimum absolute atomic E-state index is 0.0799. The lowest BCUT2D eigenvalue weighted by Crippen LogP contribution is -2.55. The monoisotopic (exact) mass is 399 g/mol. The molecule has 0 radical (unpaired) electrons. The maximum atomic E-state index is 12.5. The van der Waals surface area contributed by atoms with E-state index in [0.717, 1.165) is 11.1 Å². The molecule has 0 saturated heterocycles. The van der Waals surface area contributed by atoms with Crippen LogP contribution >= 0.6 is 0 Å². The summed E-state index contributed by atoms with van der Waals surface area (Å²) in [6.45, 7) is 0.0808. The number of hydrogen-bond donors (Lipinski definition) is 4. The van der Waals surface area contributed by atoms with Crippen molar-refractivity contribution in [2.45, 2.75) is 25.1 Å². The van der Waals surface area contributed by atoms with Crippen molar-refractivity contribution >= 4 is 17.8 Å². The molecule has 0 aliphatic rings. The number of rotatable bonds is 11. The number of carbonyl (C=O) groups is 3. The second-order valence-electron chi connectivity index (χ2n) is 6.62. The Kier molecular flexibility index (Phi) is 8.32. The van der Waals surface area contributed by atoms with Crippen molar-refractivity contribution in [3.8, 4) is 0 Å². The summed E-state index contributed by atoms with van der Waals surface area (Å²) in [5.41, 5.74) is 12.9. The number of aliphatic carboxylic acids is 1. The highest BCUT2D eigenvalue weighted by Gasteiger charge is 2.32. The van der Waals surface area contributed by atoms with Crippen LogP contribution in [0.15, 0.2) is 60.7 Å². The highest BCUT2D eigenvalue weighted by atomic mass is 16.5. The van der Waals surface area contributed by atoms with Crippen LogP contribution < -0.4 is 16.8 Å². The Bertz CT molecular complexity index is 814. The van der Waals surface area contributed by atoms with E-state index >= 15 is 0 Å². The standard InChI is InChI=1S/C21H25N3O5/c22-18(16(21(27)28)11-14-7-3-1-4-8-14)20(26)24-17(19(23)25)13-29-12-15-9-5-2-6-10-15/h1-10,16-18H,11-13,22H2,(H2,23,25)(H,24,26)(H,27,28). The molecule has 0 spiro atoms. The molecule has 2 aromatic rings. The molecule has 154 valence electrons. The van der Waals surface area contributed by atoms with Gasteiger partial charge in [-0.2, -0.15) is 0 Å². The van der Waals surface area contributed by atoms with Crippen molar-refractivity contribution in [3.05, 3.63) is 71.8 Å². The molecule has 8 heteroatoms. The van der Waals surface area contributed by atoms with Crippen molar-refractivity contribution < 1.29 is 24.2 Å². The zero-order valence-corrected chi connectivity index (χ0v) is 15.9.